The molecular weight excluding hydrogens is 210 g/mol. The maximum atomic E-state index is 5.74. The first-order valence-electron chi connectivity index (χ1n) is 6.56. The summed E-state index contributed by atoms with van der Waals surface area (Å²) in [5, 5.41) is 3.43. The van der Waals surface area contributed by atoms with Gasteiger partial charge in [0.2, 0.25) is 0 Å². The second kappa shape index (κ2) is 5.65. The van der Waals surface area contributed by atoms with E-state index in [-0.39, 0.29) is 0 Å². The second-order valence-corrected chi connectivity index (χ2v) is 5.07. The third kappa shape index (κ3) is 3.08. The highest BCUT2D eigenvalue weighted by molar-refractivity contribution is 5.33. The van der Waals surface area contributed by atoms with Gasteiger partial charge in [0, 0.05) is 12.6 Å². The maximum Gasteiger partial charge on any atom is 0.0594 e. The number of benzene rings is 1. The molecule has 1 aromatic carbocycles. The Morgan fingerprint density at radius 1 is 1.41 bits per heavy atom. The zero-order valence-electron chi connectivity index (χ0n) is 11.1. The Morgan fingerprint density at radius 2 is 2.24 bits per heavy atom. The van der Waals surface area contributed by atoms with Crippen LogP contribution in [0.25, 0.3) is 0 Å². The Morgan fingerprint density at radius 3 is 2.88 bits per heavy atom. The van der Waals surface area contributed by atoms with E-state index in [0.29, 0.717) is 12.1 Å². The molecule has 1 aromatic rings. The number of nitrogens with one attached hydrogen (secondary N) is 1. The van der Waals surface area contributed by atoms with Crippen LogP contribution in [0.5, 0.6) is 0 Å². The summed E-state index contributed by atoms with van der Waals surface area (Å²) in [6.45, 7) is 5.28. The van der Waals surface area contributed by atoms with Crippen molar-refractivity contribution in [1.29, 1.82) is 0 Å². The van der Waals surface area contributed by atoms with E-state index in [2.05, 4.69) is 37.4 Å². The van der Waals surface area contributed by atoms with Crippen LogP contribution in [0.2, 0.25) is 0 Å². The topological polar surface area (TPSA) is 21.3 Å². The van der Waals surface area contributed by atoms with E-state index in [9.17, 15) is 0 Å². The van der Waals surface area contributed by atoms with Gasteiger partial charge >= 0.3 is 0 Å². The summed E-state index contributed by atoms with van der Waals surface area (Å²) in [6.07, 6.45) is 3.95. The molecule has 2 unspecified atom stereocenters. The van der Waals surface area contributed by atoms with Crippen molar-refractivity contribution >= 4 is 0 Å². The first-order valence-corrected chi connectivity index (χ1v) is 6.56. The maximum absolute atomic E-state index is 5.74. The number of hydrogen-bond donors (Lipinski definition) is 1. The van der Waals surface area contributed by atoms with E-state index in [1.807, 2.05) is 7.05 Å². The van der Waals surface area contributed by atoms with Crippen LogP contribution in [0.15, 0.2) is 18.2 Å². The van der Waals surface area contributed by atoms with Gasteiger partial charge in [-0.25, -0.2) is 0 Å². The third-order valence-corrected chi connectivity index (χ3v) is 3.68. The standard InChI is InChI=1S/C15H23NO/c1-11-6-7-12(2)14(9-11)15(16-3)10-13-5-4-8-17-13/h6-7,9,13,15-16H,4-5,8,10H2,1-3H3. The lowest BCUT2D eigenvalue weighted by Gasteiger charge is -2.22. The van der Waals surface area contributed by atoms with Crippen LogP contribution in [-0.2, 0) is 4.74 Å². The summed E-state index contributed by atoms with van der Waals surface area (Å²) >= 11 is 0. The van der Waals surface area contributed by atoms with Crippen LogP contribution in [0.3, 0.4) is 0 Å². The Balaban J connectivity index is 2.13. The number of ether oxygens (including phenoxy) is 1. The Labute approximate surface area is 104 Å². The number of hydrogen-bond acceptors (Lipinski definition) is 2. The SMILES string of the molecule is CNC(CC1CCCO1)c1cc(C)ccc1C. The monoisotopic (exact) mass is 233 g/mol. The first-order chi connectivity index (χ1) is 8.20. The molecule has 1 N–H and O–H groups in total. The molecule has 0 amide bonds. The molecule has 1 saturated heterocycles. The van der Waals surface area contributed by atoms with Crippen LogP contribution in [0.1, 0.15) is 42.0 Å². The van der Waals surface area contributed by atoms with Crippen molar-refractivity contribution < 1.29 is 4.74 Å². The van der Waals surface area contributed by atoms with Gasteiger partial charge in [-0.3, -0.25) is 0 Å². The van der Waals surface area contributed by atoms with E-state index in [1.165, 1.54) is 29.5 Å². The summed E-state index contributed by atoms with van der Waals surface area (Å²) < 4.78 is 5.74. The van der Waals surface area contributed by atoms with Crippen LogP contribution in [0, 0.1) is 13.8 Å². The first kappa shape index (κ1) is 12.6. The molecule has 2 nitrogen and oxygen atoms in total. The van der Waals surface area contributed by atoms with Crippen molar-refractivity contribution in [3.05, 3.63) is 34.9 Å². The second-order valence-electron chi connectivity index (χ2n) is 5.07. The van der Waals surface area contributed by atoms with Gasteiger partial charge in [0.25, 0.3) is 0 Å². The highest BCUT2D eigenvalue weighted by Crippen LogP contribution is 2.27. The molecular formula is C15H23NO. The average Bonchev–Trinajstić information content (AvgIpc) is 2.82. The summed E-state index contributed by atoms with van der Waals surface area (Å²) in [4.78, 5) is 0. The summed E-state index contributed by atoms with van der Waals surface area (Å²) in [6, 6.07) is 7.10. The van der Waals surface area contributed by atoms with Gasteiger partial charge in [-0.15, -0.1) is 0 Å². The lowest BCUT2D eigenvalue weighted by Crippen LogP contribution is -2.23. The van der Waals surface area contributed by atoms with E-state index in [4.69, 9.17) is 4.74 Å². The predicted octanol–water partition coefficient (Wildman–Crippen LogP) is 3.13. The molecule has 0 radical (unpaired) electrons. The van der Waals surface area contributed by atoms with E-state index < -0.39 is 0 Å². The molecule has 1 fully saturated rings. The Hall–Kier alpha value is -0.860. The Kier molecular flexibility index (Phi) is 4.19. The van der Waals surface area contributed by atoms with Gasteiger partial charge < -0.3 is 10.1 Å². The third-order valence-electron chi connectivity index (χ3n) is 3.68. The van der Waals surface area contributed by atoms with Gasteiger partial charge in [0.05, 0.1) is 6.10 Å². The average molecular weight is 233 g/mol. The molecule has 0 saturated carbocycles. The smallest absolute Gasteiger partial charge is 0.0594 e. The quantitative estimate of drug-likeness (QED) is 0.862. The van der Waals surface area contributed by atoms with E-state index >= 15 is 0 Å². The van der Waals surface area contributed by atoms with E-state index in [0.717, 1.165) is 13.0 Å². The lowest BCUT2D eigenvalue weighted by atomic mass is 9.94. The van der Waals surface area contributed by atoms with Crippen LogP contribution in [-0.4, -0.2) is 19.8 Å². The minimum absolute atomic E-state index is 0.415. The van der Waals surface area contributed by atoms with Crippen molar-refractivity contribution in [3.8, 4) is 0 Å². The fourth-order valence-corrected chi connectivity index (χ4v) is 2.63. The largest absolute Gasteiger partial charge is 0.378 e. The van der Waals surface area contributed by atoms with Crippen LogP contribution in [0.4, 0.5) is 0 Å². The number of aryl methyl sites for hydroxylation is 2. The molecule has 2 heteroatoms. The molecule has 17 heavy (non-hydrogen) atoms. The van der Waals surface area contributed by atoms with Gasteiger partial charge in [0.15, 0.2) is 0 Å². The molecule has 2 rings (SSSR count). The fourth-order valence-electron chi connectivity index (χ4n) is 2.63. The summed E-state index contributed by atoms with van der Waals surface area (Å²) in [5.41, 5.74) is 4.12. The molecule has 0 bridgehead atoms. The van der Waals surface area contributed by atoms with Gasteiger partial charge in [0.1, 0.15) is 0 Å². The van der Waals surface area contributed by atoms with Crippen molar-refractivity contribution in [2.75, 3.05) is 13.7 Å². The van der Waals surface area contributed by atoms with Gasteiger partial charge in [-0.2, -0.15) is 0 Å². The van der Waals surface area contributed by atoms with Crippen LogP contribution < -0.4 is 5.32 Å². The Bertz CT molecular complexity index is 369. The van der Waals surface area contributed by atoms with Crippen molar-refractivity contribution in [1.82, 2.24) is 5.32 Å². The zero-order chi connectivity index (χ0) is 12.3. The lowest BCUT2D eigenvalue weighted by molar-refractivity contribution is 0.0953. The minimum Gasteiger partial charge on any atom is -0.378 e. The number of rotatable bonds is 4. The fraction of sp³-hybridized carbons (Fsp3) is 0.600. The molecule has 0 spiro atoms. The van der Waals surface area contributed by atoms with Crippen molar-refractivity contribution in [3.63, 3.8) is 0 Å². The van der Waals surface area contributed by atoms with Crippen molar-refractivity contribution in [2.24, 2.45) is 0 Å². The molecule has 1 aliphatic rings. The van der Waals surface area contributed by atoms with E-state index in [1.54, 1.807) is 0 Å². The minimum atomic E-state index is 0.415. The molecule has 94 valence electrons. The molecule has 1 aliphatic heterocycles. The molecule has 2 atom stereocenters. The summed E-state index contributed by atoms with van der Waals surface area (Å²) in [5.74, 6) is 0. The molecule has 1 heterocycles. The predicted molar refractivity (Wildman–Crippen MR) is 71.3 cm³/mol. The molecule has 0 aliphatic carbocycles. The zero-order valence-corrected chi connectivity index (χ0v) is 11.1. The highest BCUT2D eigenvalue weighted by Gasteiger charge is 2.21. The normalized spacial score (nSPS) is 21.7. The van der Waals surface area contributed by atoms with Gasteiger partial charge in [-0.05, 0) is 51.3 Å². The summed E-state index contributed by atoms with van der Waals surface area (Å²) in [7, 11) is 2.04. The highest BCUT2D eigenvalue weighted by atomic mass is 16.5. The van der Waals surface area contributed by atoms with Gasteiger partial charge in [-0.1, -0.05) is 23.8 Å². The van der Waals surface area contributed by atoms with Crippen molar-refractivity contribution in [2.45, 2.75) is 45.3 Å². The van der Waals surface area contributed by atoms with Crippen LogP contribution >= 0.6 is 0 Å². The molecule has 0 aromatic heterocycles.